The van der Waals surface area contributed by atoms with E-state index in [-0.39, 0.29) is 11.7 Å². The standard InChI is InChI=1S/C19H17FN4OS/c20-15-8-6-14(7-9-15)17-18(26-22-21-17)19(25)24-12-10-23(11-13-24)16-4-2-1-3-5-16/h1-9H,10-13H2. The molecule has 0 saturated carbocycles. The van der Waals surface area contributed by atoms with Crippen molar-refractivity contribution in [2.75, 3.05) is 31.1 Å². The van der Waals surface area contributed by atoms with Gasteiger partial charge in [-0.25, -0.2) is 4.39 Å². The molecule has 0 N–H and O–H groups in total. The van der Waals surface area contributed by atoms with E-state index in [0.717, 1.165) is 24.6 Å². The van der Waals surface area contributed by atoms with Gasteiger partial charge in [-0.2, -0.15) is 0 Å². The van der Waals surface area contributed by atoms with Gasteiger partial charge in [-0.3, -0.25) is 4.79 Å². The van der Waals surface area contributed by atoms with Gasteiger partial charge in [0.25, 0.3) is 5.91 Å². The monoisotopic (exact) mass is 368 g/mol. The topological polar surface area (TPSA) is 49.3 Å². The zero-order valence-electron chi connectivity index (χ0n) is 14.0. The van der Waals surface area contributed by atoms with Crippen LogP contribution in [0.15, 0.2) is 54.6 Å². The summed E-state index contributed by atoms with van der Waals surface area (Å²) >= 11 is 1.09. The molecule has 0 unspecified atom stereocenters. The second kappa shape index (κ2) is 7.21. The summed E-state index contributed by atoms with van der Waals surface area (Å²) in [7, 11) is 0. The molecule has 1 aliphatic heterocycles. The smallest absolute Gasteiger partial charge is 0.268 e. The number of amides is 1. The molecule has 1 saturated heterocycles. The Morgan fingerprint density at radius 3 is 2.35 bits per heavy atom. The maximum atomic E-state index is 13.1. The largest absolute Gasteiger partial charge is 0.368 e. The number of benzene rings is 2. The number of anilines is 1. The molecule has 3 aromatic rings. The fourth-order valence-corrected chi connectivity index (χ4v) is 3.73. The molecule has 0 spiro atoms. The van der Waals surface area contributed by atoms with Gasteiger partial charge in [0.2, 0.25) is 0 Å². The third kappa shape index (κ3) is 3.30. The molecule has 0 radical (unpaired) electrons. The summed E-state index contributed by atoms with van der Waals surface area (Å²) in [6.45, 7) is 2.87. The van der Waals surface area contributed by atoms with Crippen molar-refractivity contribution in [3.63, 3.8) is 0 Å². The first-order chi connectivity index (χ1) is 12.7. The van der Waals surface area contributed by atoms with Crippen molar-refractivity contribution in [1.29, 1.82) is 0 Å². The molecule has 0 aliphatic carbocycles. The van der Waals surface area contributed by atoms with E-state index in [2.05, 4.69) is 26.6 Å². The third-order valence-corrected chi connectivity index (χ3v) is 5.20. The fourth-order valence-electron chi connectivity index (χ4n) is 3.08. The Balaban J connectivity index is 1.48. The molecule has 0 bridgehead atoms. The summed E-state index contributed by atoms with van der Waals surface area (Å²) in [6, 6.07) is 16.2. The van der Waals surface area contributed by atoms with Crippen molar-refractivity contribution in [3.8, 4) is 11.3 Å². The van der Waals surface area contributed by atoms with E-state index in [1.807, 2.05) is 23.1 Å². The highest BCUT2D eigenvalue weighted by molar-refractivity contribution is 7.08. The minimum absolute atomic E-state index is 0.0629. The minimum Gasteiger partial charge on any atom is -0.368 e. The van der Waals surface area contributed by atoms with E-state index in [1.54, 1.807) is 12.1 Å². The maximum Gasteiger partial charge on any atom is 0.268 e. The predicted octanol–water partition coefficient (Wildman–Crippen LogP) is 3.31. The van der Waals surface area contributed by atoms with Crippen LogP contribution in [0.4, 0.5) is 10.1 Å². The molecule has 2 aromatic carbocycles. The zero-order chi connectivity index (χ0) is 17.9. The van der Waals surface area contributed by atoms with Crippen LogP contribution in [0.25, 0.3) is 11.3 Å². The van der Waals surface area contributed by atoms with Crippen molar-refractivity contribution in [3.05, 3.63) is 65.3 Å². The Bertz CT molecular complexity index is 889. The SMILES string of the molecule is O=C(c1snnc1-c1ccc(F)cc1)N1CCN(c2ccccc2)CC1. The quantitative estimate of drug-likeness (QED) is 0.712. The number of hydrogen-bond donors (Lipinski definition) is 0. The van der Waals surface area contributed by atoms with E-state index in [4.69, 9.17) is 0 Å². The minimum atomic E-state index is -0.318. The Labute approximate surface area is 154 Å². The fraction of sp³-hybridized carbons (Fsp3) is 0.211. The van der Waals surface area contributed by atoms with Crippen LogP contribution >= 0.6 is 11.5 Å². The number of rotatable bonds is 3. The number of carbonyl (C=O) groups excluding carboxylic acids is 1. The van der Waals surface area contributed by atoms with E-state index in [0.29, 0.717) is 29.2 Å². The summed E-state index contributed by atoms with van der Waals surface area (Å²) in [6.07, 6.45) is 0. The van der Waals surface area contributed by atoms with Crippen LogP contribution in [0, 0.1) is 5.82 Å². The number of hydrogen-bond acceptors (Lipinski definition) is 5. The first-order valence-electron chi connectivity index (χ1n) is 8.40. The van der Waals surface area contributed by atoms with Gasteiger partial charge >= 0.3 is 0 Å². The summed E-state index contributed by atoms with van der Waals surface area (Å²) in [5.74, 6) is -0.381. The van der Waals surface area contributed by atoms with E-state index < -0.39 is 0 Å². The molecule has 4 rings (SSSR count). The van der Waals surface area contributed by atoms with Crippen LogP contribution in [-0.2, 0) is 0 Å². The molecule has 2 heterocycles. The van der Waals surface area contributed by atoms with Crippen molar-refractivity contribution < 1.29 is 9.18 Å². The second-order valence-electron chi connectivity index (χ2n) is 6.07. The first-order valence-corrected chi connectivity index (χ1v) is 9.17. The molecular formula is C19H17FN4OS. The molecule has 5 nitrogen and oxygen atoms in total. The Morgan fingerprint density at radius 1 is 0.962 bits per heavy atom. The van der Waals surface area contributed by atoms with Crippen molar-refractivity contribution >= 4 is 23.1 Å². The van der Waals surface area contributed by atoms with Crippen molar-refractivity contribution in [2.24, 2.45) is 0 Å². The molecule has 1 amide bonds. The van der Waals surface area contributed by atoms with Gasteiger partial charge in [0, 0.05) is 37.4 Å². The van der Waals surface area contributed by atoms with E-state index in [1.165, 1.54) is 17.8 Å². The molecule has 1 fully saturated rings. The molecule has 26 heavy (non-hydrogen) atoms. The predicted molar refractivity (Wildman–Crippen MR) is 99.9 cm³/mol. The van der Waals surface area contributed by atoms with Crippen LogP contribution < -0.4 is 4.90 Å². The van der Waals surface area contributed by atoms with Crippen LogP contribution in [0.2, 0.25) is 0 Å². The van der Waals surface area contributed by atoms with Gasteiger partial charge in [-0.15, -0.1) is 5.10 Å². The van der Waals surface area contributed by atoms with Crippen LogP contribution in [0.1, 0.15) is 9.67 Å². The van der Waals surface area contributed by atoms with Crippen molar-refractivity contribution in [1.82, 2.24) is 14.5 Å². The van der Waals surface area contributed by atoms with Gasteiger partial charge in [-0.1, -0.05) is 22.7 Å². The summed E-state index contributed by atoms with van der Waals surface area (Å²) in [4.78, 5) is 17.5. The molecule has 7 heteroatoms. The Hall–Kier alpha value is -2.80. The van der Waals surface area contributed by atoms with E-state index >= 15 is 0 Å². The lowest BCUT2D eigenvalue weighted by atomic mass is 10.1. The van der Waals surface area contributed by atoms with Gasteiger partial charge in [0.15, 0.2) is 0 Å². The summed E-state index contributed by atoms with van der Waals surface area (Å²) in [5.41, 5.74) is 2.39. The number of piperazine rings is 1. The summed E-state index contributed by atoms with van der Waals surface area (Å²) < 4.78 is 17.1. The maximum absolute atomic E-state index is 13.1. The van der Waals surface area contributed by atoms with E-state index in [9.17, 15) is 9.18 Å². The van der Waals surface area contributed by atoms with Gasteiger partial charge in [0.05, 0.1) is 0 Å². The number of carbonyl (C=O) groups is 1. The molecule has 1 aliphatic rings. The Kier molecular flexibility index (Phi) is 4.62. The molecule has 132 valence electrons. The first kappa shape index (κ1) is 16.7. The van der Waals surface area contributed by atoms with Gasteiger partial charge in [0.1, 0.15) is 16.4 Å². The van der Waals surface area contributed by atoms with Crippen LogP contribution in [0.3, 0.4) is 0 Å². The number of para-hydroxylation sites is 1. The molecule has 0 atom stereocenters. The number of nitrogens with zero attached hydrogens (tertiary/aromatic N) is 4. The normalized spacial score (nSPS) is 14.5. The number of halogens is 1. The third-order valence-electron chi connectivity index (χ3n) is 4.49. The van der Waals surface area contributed by atoms with Crippen LogP contribution in [0.5, 0.6) is 0 Å². The number of aromatic nitrogens is 2. The highest BCUT2D eigenvalue weighted by Gasteiger charge is 2.26. The van der Waals surface area contributed by atoms with Crippen molar-refractivity contribution in [2.45, 2.75) is 0 Å². The van der Waals surface area contributed by atoms with Crippen LogP contribution in [-0.4, -0.2) is 46.6 Å². The summed E-state index contributed by atoms with van der Waals surface area (Å²) in [5, 5.41) is 4.08. The van der Waals surface area contributed by atoms with Gasteiger partial charge < -0.3 is 9.80 Å². The highest BCUT2D eigenvalue weighted by atomic mass is 32.1. The lowest BCUT2D eigenvalue weighted by molar-refractivity contribution is 0.0752. The second-order valence-corrected chi connectivity index (χ2v) is 6.83. The lowest BCUT2D eigenvalue weighted by Gasteiger charge is -2.36. The molecular weight excluding hydrogens is 351 g/mol. The Morgan fingerprint density at radius 2 is 1.65 bits per heavy atom. The highest BCUT2D eigenvalue weighted by Crippen LogP contribution is 2.26. The lowest BCUT2D eigenvalue weighted by Crippen LogP contribution is -2.48. The van der Waals surface area contributed by atoms with Gasteiger partial charge in [-0.05, 0) is 47.9 Å². The zero-order valence-corrected chi connectivity index (χ0v) is 14.8. The average molecular weight is 368 g/mol. The average Bonchev–Trinajstić information content (AvgIpc) is 3.19. The molecule has 1 aromatic heterocycles.